The van der Waals surface area contributed by atoms with Crippen LogP contribution in [0.2, 0.25) is 0 Å². The zero-order chi connectivity index (χ0) is 15.0. The van der Waals surface area contributed by atoms with Gasteiger partial charge in [0.15, 0.2) is 0 Å². The van der Waals surface area contributed by atoms with Crippen LogP contribution in [0.25, 0.3) is 0 Å². The fourth-order valence-electron chi connectivity index (χ4n) is 2.32. The monoisotopic (exact) mass is 281 g/mol. The predicted molar refractivity (Wildman–Crippen MR) is 81.2 cm³/mol. The van der Waals surface area contributed by atoms with E-state index in [0.717, 1.165) is 50.4 Å². The number of aryl methyl sites for hydroxylation is 2. The number of aromatic hydroxyl groups is 1. The molecule has 0 spiro atoms. The number of ether oxygens (including phenoxy) is 2. The van der Waals surface area contributed by atoms with Crippen molar-refractivity contribution in [3.8, 4) is 5.75 Å². The number of phenols is 1. The van der Waals surface area contributed by atoms with Gasteiger partial charge in [0, 0.05) is 40.5 Å². The molecule has 1 rings (SSSR count). The molecule has 0 amide bonds. The second-order valence-corrected chi connectivity index (χ2v) is 5.19. The van der Waals surface area contributed by atoms with Crippen molar-refractivity contribution in [2.75, 3.05) is 40.5 Å². The first-order valence-corrected chi connectivity index (χ1v) is 7.07. The summed E-state index contributed by atoms with van der Waals surface area (Å²) in [6.45, 7) is 8.14. The minimum atomic E-state index is 0.400. The van der Waals surface area contributed by atoms with Crippen LogP contribution in [0.15, 0.2) is 12.1 Å². The molecule has 4 nitrogen and oxygen atoms in total. The summed E-state index contributed by atoms with van der Waals surface area (Å²) in [4.78, 5) is 2.35. The van der Waals surface area contributed by atoms with Gasteiger partial charge in [0.2, 0.25) is 0 Å². The maximum atomic E-state index is 9.83. The molecule has 0 aromatic heterocycles. The highest BCUT2D eigenvalue weighted by atomic mass is 16.5. The van der Waals surface area contributed by atoms with E-state index in [1.807, 2.05) is 13.8 Å². The van der Waals surface area contributed by atoms with Gasteiger partial charge >= 0.3 is 0 Å². The molecule has 0 unspecified atom stereocenters. The van der Waals surface area contributed by atoms with Gasteiger partial charge < -0.3 is 14.6 Å². The molecule has 20 heavy (non-hydrogen) atoms. The van der Waals surface area contributed by atoms with E-state index in [4.69, 9.17) is 9.47 Å². The van der Waals surface area contributed by atoms with Crippen LogP contribution in [-0.4, -0.2) is 50.5 Å². The van der Waals surface area contributed by atoms with Crippen molar-refractivity contribution in [1.82, 2.24) is 4.90 Å². The zero-order valence-electron chi connectivity index (χ0n) is 13.1. The number of nitrogens with zero attached hydrogens (tertiary/aromatic N) is 1. The molecule has 0 aliphatic rings. The van der Waals surface area contributed by atoms with Gasteiger partial charge in [-0.1, -0.05) is 12.1 Å². The van der Waals surface area contributed by atoms with E-state index >= 15 is 0 Å². The number of hydrogen-bond donors (Lipinski definition) is 1. The Morgan fingerprint density at radius 3 is 2.15 bits per heavy atom. The first-order valence-electron chi connectivity index (χ1n) is 7.07. The molecule has 1 N–H and O–H groups in total. The summed E-state index contributed by atoms with van der Waals surface area (Å²) in [6, 6.07) is 4.11. The number of benzene rings is 1. The Bertz CT molecular complexity index is 384. The van der Waals surface area contributed by atoms with Gasteiger partial charge in [-0.25, -0.2) is 0 Å². The van der Waals surface area contributed by atoms with E-state index in [-0.39, 0.29) is 0 Å². The summed E-state index contributed by atoms with van der Waals surface area (Å²) in [5.74, 6) is 0.400. The van der Waals surface area contributed by atoms with Gasteiger partial charge in [0.1, 0.15) is 5.75 Å². The predicted octanol–water partition coefficient (Wildman–Crippen LogP) is 2.49. The van der Waals surface area contributed by atoms with E-state index < -0.39 is 0 Å². The van der Waals surface area contributed by atoms with E-state index in [2.05, 4.69) is 17.0 Å². The molecule has 4 heteroatoms. The minimum Gasteiger partial charge on any atom is -0.507 e. The number of hydrogen-bond acceptors (Lipinski definition) is 4. The Balaban J connectivity index is 2.67. The van der Waals surface area contributed by atoms with Gasteiger partial charge in [0.05, 0.1) is 6.61 Å². The van der Waals surface area contributed by atoms with Crippen LogP contribution >= 0.6 is 0 Å². The third kappa shape index (κ3) is 5.49. The summed E-state index contributed by atoms with van der Waals surface area (Å²) >= 11 is 0. The summed E-state index contributed by atoms with van der Waals surface area (Å²) < 4.78 is 10.3. The van der Waals surface area contributed by atoms with Crippen molar-refractivity contribution < 1.29 is 14.6 Å². The molecule has 0 bridgehead atoms. The standard InChI is InChI=1S/C16H27NO3/c1-13-10-15(11-14(2)16(13)18)12-17(7-9-20-4)6-5-8-19-3/h10-11,18H,5-9,12H2,1-4H3. The van der Waals surface area contributed by atoms with E-state index in [1.54, 1.807) is 14.2 Å². The fourth-order valence-corrected chi connectivity index (χ4v) is 2.32. The lowest BCUT2D eigenvalue weighted by Gasteiger charge is -2.22. The molecule has 0 saturated heterocycles. The average Bonchev–Trinajstić information content (AvgIpc) is 2.42. The van der Waals surface area contributed by atoms with Gasteiger partial charge in [-0.05, 0) is 37.0 Å². The fraction of sp³-hybridized carbons (Fsp3) is 0.625. The van der Waals surface area contributed by atoms with Crippen LogP contribution in [0.4, 0.5) is 0 Å². The smallest absolute Gasteiger partial charge is 0.121 e. The Labute approximate surface area is 122 Å². The van der Waals surface area contributed by atoms with Crippen molar-refractivity contribution in [2.45, 2.75) is 26.8 Å². The van der Waals surface area contributed by atoms with Crippen LogP contribution in [0, 0.1) is 13.8 Å². The Morgan fingerprint density at radius 2 is 1.60 bits per heavy atom. The SMILES string of the molecule is COCCCN(CCOC)Cc1cc(C)c(O)c(C)c1. The molecule has 114 valence electrons. The molecule has 0 aliphatic carbocycles. The van der Waals surface area contributed by atoms with Crippen molar-refractivity contribution in [3.63, 3.8) is 0 Å². The van der Waals surface area contributed by atoms with Gasteiger partial charge in [-0.2, -0.15) is 0 Å². The molecule has 0 fully saturated rings. The van der Waals surface area contributed by atoms with Crippen LogP contribution < -0.4 is 0 Å². The van der Waals surface area contributed by atoms with E-state index in [1.165, 1.54) is 5.56 Å². The van der Waals surface area contributed by atoms with Crippen LogP contribution in [0.1, 0.15) is 23.1 Å². The topological polar surface area (TPSA) is 41.9 Å². The van der Waals surface area contributed by atoms with E-state index in [0.29, 0.717) is 5.75 Å². The largest absolute Gasteiger partial charge is 0.507 e. The van der Waals surface area contributed by atoms with Gasteiger partial charge in [-0.15, -0.1) is 0 Å². The van der Waals surface area contributed by atoms with Gasteiger partial charge in [-0.3, -0.25) is 4.90 Å². The van der Waals surface area contributed by atoms with E-state index in [9.17, 15) is 5.11 Å². The van der Waals surface area contributed by atoms with Gasteiger partial charge in [0.25, 0.3) is 0 Å². The summed E-state index contributed by atoms with van der Waals surface area (Å²) in [7, 11) is 3.45. The number of phenolic OH excluding ortho intramolecular Hbond substituents is 1. The van der Waals surface area contributed by atoms with Crippen molar-refractivity contribution in [2.24, 2.45) is 0 Å². The molecule has 0 heterocycles. The van der Waals surface area contributed by atoms with Crippen molar-refractivity contribution in [3.05, 3.63) is 28.8 Å². The van der Waals surface area contributed by atoms with Crippen LogP contribution in [0.5, 0.6) is 5.75 Å². The quantitative estimate of drug-likeness (QED) is 0.706. The highest BCUT2D eigenvalue weighted by molar-refractivity contribution is 5.42. The third-order valence-corrected chi connectivity index (χ3v) is 3.39. The normalized spacial score (nSPS) is 11.2. The minimum absolute atomic E-state index is 0.400. The lowest BCUT2D eigenvalue weighted by atomic mass is 10.1. The Hall–Kier alpha value is -1.10. The molecule has 0 saturated carbocycles. The maximum absolute atomic E-state index is 9.83. The number of methoxy groups -OCH3 is 2. The summed E-state index contributed by atoms with van der Waals surface area (Å²) in [5, 5.41) is 9.83. The van der Waals surface area contributed by atoms with Crippen LogP contribution in [-0.2, 0) is 16.0 Å². The molecule has 0 radical (unpaired) electrons. The zero-order valence-corrected chi connectivity index (χ0v) is 13.1. The average molecular weight is 281 g/mol. The molecular formula is C16H27NO3. The molecule has 0 atom stereocenters. The lowest BCUT2D eigenvalue weighted by molar-refractivity contribution is 0.129. The second-order valence-electron chi connectivity index (χ2n) is 5.19. The summed E-state index contributed by atoms with van der Waals surface area (Å²) in [6.07, 6.45) is 1.01. The van der Waals surface area contributed by atoms with Crippen molar-refractivity contribution in [1.29, 1.82) is 0 Å². The third-order valence-electron chi connectivity index (χ3n) is 3.39. The first kappa shape index (κ1) is 17.0. The maximum Gasteiger partial charge on any atom is 0.121 e. The molecular weight excluding hydrogens is 254 g/mol. The summed E-state index contributed by atoms with van der Waals surface area (Å²) in [5.41, 5.74) is 3.10. The Morgan fingerprint density at radius 1 is 1.00 bits per heavy atom. The highest BCUT2D eigenvalue weighted by Gasteiger charge is 2.09. The highest BCUT2D eigenvalue weighted by Crippen LogP contribution is 2.23. The number of rotatable bonds is 9. The Kier molecular flexibility index (Phi) is 7.59. The van der Waals surface area contributed by atoms with Crippen molar-refractivity contribution >= 4 is 0 Å². The molecule has 1 aromatic rings. The lowest BCUT2D eigenvalue weighted by Crippen LogP contribution is -2.28. The molecule has 0 aliphatic heterocycles. The molecule has 1 aromatic carbocycles. The first-order chi connectivity index (χ1) is 9.58. The second kappa shape index (κ2) is 8.95. The van der Waals surface area contributed by atoms with Crippen LogP contribution in [0.3, 0.4) is 0 Å².